The molecule has 3 saturated carbocycles. The summed E-state index contributed by atoms with van der Waals surface area (Å²) in [7, 11) is 0. The molecule has 0 aromatic heterocycles. The minimum Gasteiger partial charge on any atom is -0.299 e. The van der Waals surface area contributed by atoms with Crippen molar-refractivity contribution in [1.82, 2.24) is 0 Å². The van der Waals surface area contributed by atoms with Crippen LogP contribution in [0.25, 0.3) is 0 Å². The molecule has 3 aliphatic carbocycles. The van der Waals surface area contributed by atoms with Gasteiger partial charge in [-0.15, -0.1) is 0 Å². The van der Waals surface area contributed by atoms with Gasteiger partial charge in [0.1, 0.15) is 11.6 Å². The molecule has 0 N–H and O–H groups in total. The van der Waals surface area contributed by atoms with Crippen LogP contribution >= 0.6 is 0 Å². The van der Waals surface area contributed by atoms with E-state index >= 15 is 0 Å². The van der Waals surface area contributed by atoms with Gasteiger partial charge in [-0.2, -0.15) is 0 Å². The molecule has 0 aliphatic heterocycles. The van der Waals surface area contributed by atoms with Gasteiger partial charge in [0.05, 0.1) is 0 Å². The summed E-state index contributed by atoms with van der Waals surface area (Å²) in [6, 6.07) is 0. The molecule has 0 aromatic carbocycles. The van der Waals surface area contributed by atoms with E-state index in [4.69, 9.17) is 0 Å². The number of fused-ring (bicyclic) bond motifs is 4. The quantitative estimate of drug-likeness (QED) is 0.657. The van der Waals surface area contributed by atoms with E-state index in [1.807, 2.05) is 0 Å². The van der Waals surface area contributed by atoms with E-state index in [1.54, 1.807) is 0 Å². The van der Waals surface area contributed by atoms with Gasteiger partial charge in [0, 0.05) is 24.7 Å². The molecule has 100 valence electrons. The Balaban J connectivity index is 1.80. The fourth-order valence-corrected chi connectivity index (χ4v) is 4.63. The van der Waals surface area contributed by atoms with Gasteiger partial charge in [0.15, 0.2) is 0 Å². The third kappa shape index (κ3) is 2.04. The second kappa shape index (κ2) is 5.14. The maximum Gasteiger partial charge on any atom is 0.136 e. The van der Waals surface area contributed by atoms with Gasteiger partial charge >= 0.3 is 0 Å². The molecular formula is C16H24O2. The third-order valence-corrected chi connectivity index (χ3v) is 5.52. The maximum absolute atomic E-state index is 12.3. The molecule has 2 heteroatoms. The Kier molecular flexibility index (Phi) is 3.54. The van der Waals surface area contributed by atoms with E-state index in [0.717, 1.165) is 25.7 Å². The van der Waals surface area contributed by atoms with Gasteiger partial charge in [0.25, 0.3) is 0 Å². The van der Waals surface area contributed by atoms with Gasteiger partial charge < -0.3 is 0 Å². The van der Waals surface area contributed by atoms with Crippen molar-refractivity contribution in [2.24, 2.45) is 23.7 Å². The van der Waals surface area contributed by atoms with E-state index in [9.17, 15) is 9.59 Å². The van der Waals surface area contributed by atoms with E-state index in [2.05, 4.69) is 0 Å². The van der Waals surface area contributed by atoms with E-state index in [0.29, 0.717) is 23.4 Å². The number of Topliss-reactive ketones (excluding diaryl/α,β-unsaturated/α-hetero) is 2. The van der Waals surface area contributed by atoms with Gasteiger partial charge in [0.2, 0.25) is 0 Å². The van der Waals surface area contributed by atoms with Gasteiger partial charge in [-0.05, 0) is 37.5 Å². The molecule has 0 unspecified atom stereocenters. The summed E-state index contributed by atoms with van der Waals surface area (Å²) in [5, 5.41) is 0. The summed E-state index contributed by atoms with van der Waals surface area (Å²) in [6.07, 6.45) is 10.9. The Morgan fingerprint density at radius 1 is 0.611 bits per heavy atom. The first-order valence-corrected chi connectivity index (χ1v) is 7.84. The highest BCUT2D eigenvalue weighted by atomic mass is 16.1. The molecule has 3 aliphatic rings. The van der Waals surface area contributed by atoms with Crippen molar-refractivity contribution in [3.05, 3.63) is 0 Å². The van der Waals surface area contributed by atoms with Crippen molar-refractivity contribution in [1.29, 1.82) is 0 Å². The molecule has 0 radical (unpaired) electrons. The smallest absolute Gasteiger partial charge is 0.136 e. The largest absolute Gasteiger partial charge is 0.299 e. The molecule has 0 aromatic rings. The molecule has 2 nitrogen and oxygen atoms in total. The van der Waals surface area contributed by atoms with Crippen molar-refractivity contribution >= 4 is 11.6 Å². The standard InChI is InChI=1S/C16H24O2/c17-13-9-5-1-3-7-11-12-8-4-2-6-10-14(18)16(12)15(11)13/h11-12,15-16H,1-10H2/t11-,12+,15-,16-/m0/s1. The maximum atomic E-state index is 12.3. The number of carbonyl (C=O) groups excluding carboxylic acids is 2. The van der Waals surface area contributed by atoms with Gasteiger partial charge in [-0.3, -0.25) is 9.59 Å². The highest BCUT2D eigenvalue weighted by molar-refractivity contribution is 5.92. The highest BCUT2D eigenvalue weighted by Crippen LogP contribution is 2.54. The average Bonchev–Trinajstić information content (AvgIpc) is 2.31. The molecule has 0 amide bonds. The summed E-state index contributed by atoms with van der Waals surface area (Å²) in [5.74, 6) is 2.20. The Hall–Kier alpha value is -0.660. The third-order valence-electron chi connectivity index (χ3n) is 5.52. The molecule has 3 rings (SSSR count). The van der Waals surface area contributed by atoms with Crippen LogP contribution in [0.1, 0.15) is 64.2 Å². The number of hydrogen-bond acceptors (Lipinski definition) is 2. The molecular weight excluding hydrogens is 224 g/mol. The van der Waals surface area contributed by atoms with Crippen LogP contribution in [0.5, 0.6) is 0 Å². The average molecular weight is 248 g/mol. The van der Waals surface area contributed by atoms with Crippen molar-refractivity contribution in [2.75, 3.05) is 0 Å². The lowest BCUT2D eigenvalue weighted by Crippen LogP contribution is -2.54. The summed E-state index contributed by atoms with van der Waals surface area (Å²) in [6.45, 7) is 0. The first-order valence-electron chi connectivity index (χ1n) is 7.84. The van der Waals surface area contributed by atoms with Crippen LogP contribution in [0, 0.1) is 23.7 Å². The lowest BCUT2D eigenvalue weighted by molar-refractivity contribution is -0.154. The van der Waals surface area contributed by atoms with Crippen molar-refractivity contribution < 1.29 is 9.59 Å². The Labute approximate surface area is 110 Å². The topological polar surface area (TPSA) is 34.1 Å². The number of rotatable bonds is 0. The molecule has 0 spiro atoms. The van der Waals surface area contributed by atoms with E-state index in [1.165, 1.54) is 38.5 Å². The number of ketones is 2. The van der Waals surface area contributed by atoms with Gasteiger partial charge in [-0.25, -0.2) is 0 Å². The first-order chi connectivity index (χ1) is 8.79. The molecule has 18 heavy (non-hydrogen) atoms. The van der Waals surface area contributed by atoms with Crippen LogP contribution in [0.15, 0.2) is 0 Å². The van der Waals surface area contributed by atoms with Crippen molar-refractivity contribution in [3.8, 4) is 0 Å². The lowest BCUT2D eigenvalue weighted by Gasteiger charge is -2.52. The number of hydrogen-bond donors (Lipinski definition) is 0. The Morgan fingerprint density at radius 3 is 1.50 bits per heavy atom. The van der Waals surface area contributed by atoms with Gasteiger partial charge in [-0.1, -0.05) is 25.7 Å². The van der Waals surface area contributed by atoms with Crippen LogP contribution in [-0.2, 0) is 9.59 Å². The lowest BCUT2D eigenvalue weighted by atomic mass is 9.50. The van der Waals surface area contributed by atoms with Crippen molar-refractivity contribution in [3.63, 3.8) is 0 Å². The van der Waals surface area contributed by atoms with Crippen LogP contribution in [-0.4, -0.2) is 11.6 Å². The molecule has 3 fully saturated rings. The van der Waals surface area contributed by atoms with E-state index < -0.39 is 0 Å². The van der Waals surface area contributed by atoms with Crippen LogP contribution in [0.3, 0.4) is 0 Å². The predicted molar refractivity (Wildman–Crippen MR) is 70.1 cm³/mol. The van der Waals surface area contributed by atoms with E-state index in [-0.39, 0.29) is 11.8 Å². The zero-order valence-electron chi connectivity index (χ0n) is 11.2. The second-order valence-electron chi connectivity index (χ2n) is 6.51. The minimum absolute atomic E-state index is 0.126. The summed E-state index contributed by atoms with van der Waals surface area (Å²) in [4.78, 5) is 24.5. The zero-order chi connectivity index (χ0) is 12.5. The fourth-order valence-electron chi connectivity index (χ4n) is 4.63. The van der Waals surface area contributed by atoms with Crippen LogP contribution in [0.4, 0.5) is 0 Å². The fraction of sp³-hybridized carbons (Fsp3) is 0.875. The second-order valence-corrected chi connectivity index (χ2v) is 6.51. The zero-order valence-corrected chi connectivity index (χ0v) is 11.2. The molecule has 0 saturated heterocycles. The monoisotopic (exact) mass is 248 g/mol. The molecule has 0 bridgehead atoms. The summed E-state index contributed by atoms with van der Waals surface area (Å²) in [5.41, 5.74) is 0. The summed E-state index contributed by atoms with van der Waals surface area (Å²) >= 11 is 0. The SMILES string of the molecule is O=C1CCCCC[C@@H]2[C@@H]3CCCCCC(=O)[C@H]3[C@H]12. The predicted octanol–water partition coefficient (Wildman–Crippen LogP) is 3.53. The van der Waals surface area contributed by atoms with Crippen LogP contribution < -0.4 is 0 Å². The first kappa shape index (κ1) is 12.4. The van der Waals surface area contributed by atoms with Crippen LogP contribution in [0.2, 0.25) is 0 Å². The molecule has 0 heterocycles. The minimum atomic E-state index is 0.126. The highest BCUT2D eigenvalue weighted by Gasteiger charge is 2.55. The summed E-state index contributed by atoms with van der Waals surface area (Å²) < 4.78 is 0. The molecule has 4 atom stereocenters. The Morgan fingerprint density at radius 2 is 1.06 bits per heavy atom. The normalized spacial score (nSPS) is 41.6. The van der Waals surface area contributed by atoms with Crippen molar-refractivity contribution in [2.45, 2.75) is 64.2 Å². The Bertz CT molecular complexity index is 313. The number of carbonyl (C=O) groups is 2.